The summed E-state index contributed by atoms with van der Waals surface area (Å²) in [4.78, 5) is 35.1. The molecule has 3 aromatic rings. The zero-order valence-electron chi connectivity index (χ0n) is 18.0. The molecule has 11 heteroatoms. The molecule has 10 nitrogen and oxygen atoms in total. The summed E-state index contributed by atoms with van der Waals surface area (Å²) in [7, 11) is 0. The number of nitrogens with zero attached hydrogens (tertiary/aromatic N) is 3. The van der Waals surface area contributed by atoms with E-state index < -0.39 is 38.9 Å². The van der Waals surface area contributed by atoms with E-state index >= 15 is 0 Å². The minimum absolute atomic E-state index is 0.152. The molecule has 0 unspecified atom stereocenters. The first-order valence-corrected chi connectivity index (χ1v) is 11.0. The number of aliphatic hydroxyl groups excluding tert-OH is 1. The molecule has 2 heterocycles. The molecule has 0 amide bonds. The molecule has 0 radical (unpaired) electrons. The van der Waals surface area contributed by atoms with Gasteiger partial charge in [-0.1, -0.05) is 42.1 Å². The Kier molecular flexibility index (Phi) is 5.62. The second-order valence-corrected chi connectivity index (χ2v) is 9.79. The Hall–Kier alpha value is -3.44. The third kappa shape index (κ3) is 4.05. The van der Waals surface area contributed by atoms with Gasteiger partial charge >= 0.3 is 6.09 Å². The maximum absolute atomic E-state index is 13.1. The van der Waals surface area contributed by atoms with Crippen molar-refractivity contribution in [1.29, 1.82) is 0 Å². The summed E-state index contributed by atoms with van der Waals surface area (Å²) >= 11 is 1.06. The van der Waals surface area contributed by atoms with Gasteiger partial charge in [0.15, 0.2) is 6.10 Å². The van der Waals surface area contributed by atoms with Crippen LogP contribution in [0.1, 0.15) is 43.3 Å². The maximum atomic E-state index is 13.1. The van der Waals surface area contributed by atoms with E-state index in [2.05, 4.69) is 0 Å². The van der Waals surface area contributed by atoms with E-state index in [4.69, 9.17) is 4.74 Å². The molecule has 2 aromatic carbocycles. The average molecular weight is 471 g/mol. The zero-order chi connectivity index (χ0) is 24.1. The van der Waals surface area contributed by atoms with Gasteiger partial charge in [0, 0.05) is 28.0 Å². The molecule has 0 aliphatic carbocycles. The van der Waals surface area contributed by atoms with Crippen molar-refractivity contribution in [3.05, 3.63) is 79.9 Å². The van der Waals surface area contributed by atoms with Crippen molar-refractivity contribution in [1.82, 2.24) is 4.57 Å². The van der Waals surface area contributed by atoms with Crippen LogP contribution in [0.15, 0.2) is 53.6 Å². The van der Waals surface area contributed by atoms with Gasteiger partial charge in [0.25, 0.3) is 11.7 Å². The minimum Gasteiger partial charge on any atom is -0.443 e. The predicted octanol–water partition coefficient (Wildman–Crippen LogP) is 4.86. The van der Waals surface area contributed by atoms with E-state index in [1.165, 1.54) is 28.8 Å². The van der Waals surface area contributed by atoms with Gasteiger partial charge in [0.2, 0.25) is 0 Å². The Bertz CT molecular complexity index is 1260. The van der Waals surface area contributed by atoms with Gasteiger partial charge in [0.1, 0.15) is 10.9 Å². The molecule has 1 aliphatic rings. The minimum atomic E-state index is -1.51. The fourth-order valence-electron chi connectivity index (χ4n) is 3.94. The highest BCUT2D eigenvalue weighted by Crippen LogP contribution is 2.53. The topological polar surface area (TPSA) is 138 Å². The van der Waals surface area contributed by atoms with Crippen molar-refractivity contribution in [2.24, 2.45) is 0 Å². The van der Waals surface area contributed by atoms with Gasteiger partial charge in [-0.25, -0.2) is 9.36 Å². The number of rotatable bonds is 3. The number of aromatic nitrogens is 1. The lowest BCUT2D eigenvalue weighted by Gasteiger charge is -2.30. The summed E-state index contributed by atoms with van der Waals surface area (Å²) in [6.45, 7) is 5.19. The number of nitro benzene ring substituents is 1. The molecule has 0 spiro atoms. The first kappa shape index (κ1) is 22.7. The number of carbonyl (C=O) groups is 1. The fraction of sp³-hybridized carbons (Fsp3) is 0.318. The summed E-state index contributed by atoms with van der Waals surface area (Å²) in [6, 6.07) is 10.8. The third-order valence-corrected chi connectivity index (χ3v) is 6.72. The van der Waals surface area contributed by atoms with Crippen molar-refractivity contribution < 1.29 is 24.5 Å². The molecule has 3 atom stereocenters. The standard InChI is InChI=1S/C22H21N3O7S/c1-22(2,3)32-21(27)23-15-7-5-4-6-14(15)16-18(26)17(25(30)31)19(33-20(16)23)12-8-10-13(11-9-12)24(28)29/h4-11,17-19,26H,1-3H3/t17-,18-,19+/m0/s1. The Balaban J connectivity index is 1.90. The van der Waals surface area contributed by atoms with Crippen LogP contribution in [-0.2, 0) is 4.74 Å². The van der Waals surface area contributed by atoms with Gasteiger partial charge in [-0.15, -0.1) is 0 Å². The van der Waals surface area contributed by atoms with Crippen molar-refractivity contribution in [3.8, 4) is 0 Å². The predicted molar refractivity (Wildman–Crippen MR) is 121 cm³/mol. The number of hydrogen-bond donors (Lipinski definition) is 1. The molecule has 1 aromatic heterocycles. The molecular weight excluding hydrogens is 450 g/mol. The number of hydrogen-bond acceptors (Lipinski definition) is 8. The van der Waals surface area contributed by atoms with Crippen molar-refractivity contribution in [2.75, 3.05) is 0 Å². The Morgan fingerprint density at radius 3 is 2.30 bits per heavy atom. The molecule has 0 saturated carbocycles. The highest BCUT2D eigenvalue weighted by Gasteiger charge is 2.49. The largest absolute Gasteiger partial charge is 0.443 e. The lowest BCUT2D eigenvalue weighted by molar-refractivity contribution is -0.536. The summed E-state index contributed by atoms with van der Waals surface area (Å²) in [5, 5.41) is 34.2. The number of aliphatic hydroxyl groups is 1. The molecule has 1 aliphatic heterocycles. The van der Waals surface area contributed by atoms with E-state index in [-0.39, 0.29) is 5.69 Å². The second-order valence-electron chi connectivity index (χ2n) is 8.66. The van der Waals surface area contributed by atoms with Crippen molar-refractivity contribution in [3.63, 3.8) is 0 Å². The smallest absolute Gasteiger partial charge is 0.419 e. The lowest BCUT2D eigenvalue weighted by Crippen LogP contribution is -2.36. The maximum Gasteiger partial charge on any atom is 0.419 e. The normalized spacial score (nSPS) is 20.3. The number of carbonyl (C=O) groups excluding carboxylic acids is 1. The van der Waals surface area contributed by atoms with Gasteiger partial charge < -0.3 is 9.84 Å². The summed E-state index contributed by atoms with van der Waals surface area (Å²) in [6.07, 6.45) is -2.17. The molecule has 33 heavy (non-hydrogen) atoms. The van der Waals surface area contributed by atoms with Crippen LogP contribution in [0.2, 0.25) is 0 Å². The Labute approximate surface area is 192 Å². The van der Waals surface area contributed by atoms with Crippen LogP contribution in [-0.4, -0.2) is 37.3 Å². The Morgan fingerprint density at radius 1 is 1.09 bits per heavy atom. The van der Waals surface area contributed by atoms with E-state index in [0.717, 1.165) is 11.8 Å². The number of para-hydroxylation sites is 1. The first-order chi connectivity index (χ1) is 15.5. The van der Waals surface area contributed by atoms with Gasteiger partial charge in [-0.05, 0) is 32.4 Å². The van der Waals surface area contributed by atoms with Gasteiger partial charge in [-0.2, -0.15) is 0 Å². The van der Waals surface area contributed by atoms with Crippen LogP contribution in [0.4, 0.5) is 10.5 Å². The van der Waals surface area contributed by atoms with Gasteiger partial charge in [-0.3, -0.25) is 20.2 Å². The first-order valence-electron chi connectivity index (χ1n) is 10.1. The monoisotopic (exact) mass is 471 g/mol. The summed E-state index contributed by atoms with van der Waals surface area (Å²) in [5.41, 5.74) is 0.254. The molecule has 1 N–H and O–H groups in total. The zero-order valence-corrected chi connectivity index (χ0v) is 18.8. The van der Waals surface area contributed by atoms with Gasteiger partial charge in [0.05, 0.1) is 15.5 Å². The quantitative estimate of drug-likeness (QED) is 0.422. The van der Waals surface area contributed by atoms with Crippen molar-refractivity contribution >= 4 is 34.4 Å². The van der Waals surface area contributed by atoms with Crippen LogP contribution in [0.5, 0.6) is 0 Å². The van der Waals surface area contributed by atoms with E-state index in [1.807, 2.05) is 0 Å². The molecule has 0 saturated heterocycles. The lowest BCUT2D eigenvalue weighted by atomic mass is 9.95. The third-order valence-electron chi connectivity index (χ3n) is 5.29. The molecule has 0 bridgehead atoms. The van der Waals surface area contributed by atoms with E-state index in [0.29, 0.717) is 27.1 Å². The second kappa shape index (κ2) is 8.16. The van der Waals surface area contributed by atoms with Crippen LogP contribution in [0.25, 0.3) is 10.9 Å². The SMILES string of the molecule is CC(C)(C)OC(=O)n1c2c(c3ccccc31)[C@H](O)[C@H]([N+](=O)[O-])[C@@H](c1ccc([N+](=O)[O-])cc1)S2. The molecular formula is C22H21N3O7S. The molecule has 172 valence electrons. The highest BCUT2D eigenvalue weighted by atomic mass is 32.2. The molecule has 4 rings (SSSR count). The fourth-order valence-corrected chi connectivity index (χ4v) is 5.49. The van der Waals surface area contributed by atoms with Crippen molar-refractivity contribution in [2.45, 2.75) is 48.8 Å². The number of benzene rings is 2. The number of non-ortho nitro benzene ring substituents is 1. The summed E-state index contributed by atoms with van der Waals surface area (Å²) in [5.74, 6) is 0. The van der Waals surface area contributed by atoms with E-state index in [9.17, 15) is 30.1 Å². The average Bonchev–Trinajstić information content (AvgIpc) is 3.06. The van der Waals surface area contributed by atoms with E-state index in [1.54, 1.807) is 45.0 Å². The van der Waals surface area contributed by atoms with Crippen LogP contribution < -0.4 is 0 Å². The summed E-state index contributed by atoms with van der Waals surface area (Å²) < 4.78 is 6.90. The number of thioether (sulfide) groups is 1. The van der Waals surface area contributed by atoms with Crippen LogP contribution >= 0.6 is 11.8 Å². The molecule has 0 fully saturated rings. The van der Waals surface area contributed by atoms with Crippen LogP contribution in [0, 0.1) is 20.2 Å². The highest BCUT2D eigenvalue weighted by molar-refractivity contribution is 7.99. The number of ether oxygens (including phenoxy) is 1. The van der Waals surface area contributed by atoms with Crippen LogP contribution in [0.3, 0.4) is 0 Å². The Morgan fingerprint density at radius 2 is 1.73 bits per heavy atom. The number of nitro groups is 2. The number of fused-ring (bicyclic) bond motifs is 3.